The summed E-state index contributed by atoms with van der Waals surface area (Å²) in [4.78, 5) is 18.1. The number of hydrogen-bond donors (Lipinski definition) is 0. The number of nitrogens with zero attached hydrogens (tertiary/aromatic N) is 2. The first-order valence-corrected chi connectivity index (χ1v) is 8.32. The van der Waals surface area contributed by atoms with E-state index in [0.29, 0.717) is 24.6 Å². The Morgan fingerprint density at radius 1 is 1.48 bits per heavy atom. The molecule has 1 fully saturated rings. The highest BCUT2D eigenvalue weighted by molar-refractivity contribution is 5.86. The molecule has 1 aromatic heterocycles. The molecule has 1 aliphatic rings. The van der Waals surface area contributed by atoms with E-state index in [1.54, 1.807) is 0 Å². The van der Waals surface area contributed by atoms with Gasteiger partial charge >= 0.3 is 5.97 Å². The van der Waals surface area contributed by atoms with Gasteiger partial charge in [-0.15, -0.1) is 0 Å². The van der Waals surface area contributed by atoms with Crippen LogP contribution in [0.25, 0.3) is 0 Å². The predicted molar refractivity (Wildman–Crippen MR) is 86.1 cm³/mol. The van der Waals surface area contributed by atoms with Gasteiger partial charge < -0.3 is 13.9 Å². The average molecular weight is 324 g/mol. The van der Waals surface area contributed by atoms with Gasteiger partial charge in [-0.2, -0.15) is 0 Å². The molecule has 0 N–H and O–H groups in total. The van der Waals surface area contributed by atoms with E-state index in [9.17, 15) is 4.79 Å². The molecule has 23 heavy (non-hydrogen) atoms. The zero-order valence-corrected chi connectivity index (χ0v) is 14.8. The van der Waals surface area contributed by atoms with Crippen LogP contribution in [0.1, 0.15) is 56.9 Å². The third kappa shape index (κ3) is 3.75. The Kier molecular flexibility index (Phi) is 5.81. The highest BCUT2D eigenvalue weighted by Crippen LogP contribution is 2.46. The monoisotopic (exact) mass is 324 g/mol. The van der Waals surface area contributed by atoms with Gasteiger partial charge in [0.05, 0.1) is 19.8 Å². The molecular weight excluding hydrogens is 296 g/mol. The van der Waals surface area contributed by atoms with Gasteiger partial charge in [-0.3, -0.25) is 4.90 Å². The van der Waals surface area contributed by atoms with Gasteiger partial charge in [0, 0.05) is 18.1 Å². The average Bonchev–Trinajstić information content (AvgIpc) is 2.98. The summed E-state index contributed by atoms with van der Waals surface area (Å²) in [5.41, 5.74) is 0.321. The number of esters is 1. The Labute approximate surface area is 138 Å². The van der Waals surface area contributed by atoms with E-state index in [1.807, 2.05) is 6.92 Å². The second-order valence-corrected chi connectivity index (χ2v) is 6.61. The zero-order valence-electron chi connectivity index (χ0n) is 14.8. The summed E-state index contributed by atoms with van der Waals surface area (Å²) >= 11 is 0. The van der Waals surface area contributed by atoms with Crippen LogP contribution in [0, 0.1) is 5.41 Å². The summed E-state index contributed by atoms with van der Waals surface area (Å²) in [7, 11) is 1.34. The number of aromatic nitrogens is 1. The van der Waals surface area contributed by atoms with Crippen LogP contribution in [-0.4, -0.2) is 48.3 Å². The fourth-order valence-electron chi connectivity index (χ4n) is 3.36. The van der Waals surface area contributed by atoms with Gasteiger partial charge in [0.1, 0.15) is 6.26 Å². The minimum atomic E-state index is -0.470. The van der Waals surface area contributed by atoms with Gasteiger partial charge in [-0.05, 0) is 26.3 Å². The highest BCUT2D eigenvalue weighted by Gasteiger charge is 2.51. The number of ether oxygens (including phenoxy) is 2. The fourth-order valence-corrected chi connectivity index (χ4v) is 3.36. The van der Waals surface area contributed by atoms with Crippen LogP contribution in [0.5, 0.6) is 0 Å². The Morgan fingerprint density at radius 2 is 2.22 bits per heavy atom. The van der Waals surface area contributed by atoms with Crippen molar-refractivity contribution in [3.05, 3.63) is 17.8 Å². The number of rotatable bonds is 8. The molecule has 0 aliphatic heterocycles. The first-order chi connectivity index (χ1) is 10.9. The van der Waals surface area contributed by atoms with Crippen molar-refractivity contribution >= 4 is 5.97 Å². The second kappa shape index (κ2) is 7.45. The summed E-state index contributed by atoms with van der Waals surface area (Å²) in [5, 5.41) is 0. The quantitative estimate of drug-likeness (QED) is 0.685. The minimum Gasteiger partial charge on any atom is -0.464 e. The molecule has 1 aromatic rings. The van der Waals surface area contributed by atoms with Crippen LogP contribution in [-0.2, 0) is 16.0 Å². The van der Waals surface area contributed by atoms with E-state index in [2.05, 4.69) is 35.4 Å². The van der Waals surface area contributed by atoms with Gasteiger partial charge in [0.15, 0.2) is 5.69 Å². The highest BCUT2D eigenvalue weighted by atomic mass is 16.5. The maximum absolute atomic E-state index is 11.5. The molecule has 2 rings (SSSR count). The van der Waals surface area contributed by atoms with Crippen LogP contribution in [0.2, 0.25) is 0 Å². The fraction of sp³-hybridized carbons (Fsp3) is 0.765. The van der Waals surface area contributed by atoms with Gasteiger partial charge in [-0.25, -0.2) is 9.78 Å². The standard InChI is InChI=1S/C17H28N2O4/c1-6-8-19(13-9-14(22-7-2)17(13,3)4)10-15-18-12(11-23-15)16(20)21-5/h11,13-14H,6-10H2,1-5H3. The molecule has 1 heterocycles. The van der Waals surface area contributed by atoms with Gasteiger partial charge in [0.25, 0.3) is 0 Å². The van der Waals surface area contributed by atoms with Crippen molar-refractivity contribution in [1.82, 2.24) is 9.88 Å². The minimum absolute atomic E-state index is 0.100. The SMILES string of the molecule is CCCN(Cc1nc(C(=O)OC)co1)C1CC(OCC)C1(C)C. The molecular formula is C17H28N2O4. The third-order valence-electron chi connectivity index (χ3n) is 4.73. The molecule has 0 radical (unpaired) electrons. The molecule has 2 unspecified atom stereocenters. The molecule has 1 aliphatic carbocycles. The Balaban J connectivity index is 2.05. The first-order valence-electron chi connectivity index (χ1n) is 8.32. The lowest BCUT2D eigenvalue weighted by Gasteiger charge is -2.55. The lowest BCUT2D eigenvalue weighted by molar-refractivity contribution is -0.152. The summed E-state index contributed by atoms with van der Waals surface area (Å²) in [6, 6.07) is 0.424. The van der Waals surface area contributed by atoms with E-state index >= 15 is 0 Å². The third-order valence-corrected chi connectivity index (χ3v) is 4.73. The normalized spacial score (nSPS) is 22.9. The summed E-state index contributed by atoms with van der Waals surface area (Å²) in [6.07, 6.45) is 3.73. The molecule has 6 nitrogen and oxygen atoms in total. The lowest BCUT2D eigenvalue weighted by atomic mass is 9.63. The molecule has 0 amide bonds. The topological polar surface area (TPSA) is 64.8 Å². The van der Waals surface area contributed by atoms with Crippen molar-refractivity contribution < 1.29 is 18.7 Å². The number of carbonyl (C=O) groups is 1. The van der Waals surface area contributed by atoms with E-state index < -0.39 is 5.97 Å². The number of hydrogen-bond acceptors (Lipinski definition) is 6. The van der Waals surface area contributed by atoms with E-state index in [-0.39, 0.29) is 11.1 Å². The largest absolute Gasteiger partial charge is 0.464 e. The Hall–Kier alpha value is -1.40. The maximum atomic E-state index is 11.5. The second-order valence-electron chi connectivity index (χ2n) is 6.61. The first kappa shape index (κ1) is 17.9. The molecule has 0 bridgehead atoms. The van der Waals surface area contributed by atoms with Crippen molar-refractivity contribution in [1.29, 1.82) is 0 Å². The number of carbonyl (C=O) groups excluding carboxylic acids is 1. The summed E-state index contributed by atoms with van der Waals surface area (Å²) in [6.45, 7) is 11.0. The molecule has 130 valence electrons. The molecule has 6 heteroatoms. The number of oxazole rings is 1. The van der Waals surface area contributed by atoms with Crippen molar-refractivity contribution in [2.24, 2.45) is 5.41 Å². The van der Waals surface area contributed by atoms with Crippen LogP contribution in [0.3, 0.4) is 0 Å². The molecule has 2 atom stereocenters. The van der Waals surface area contributed by atoms with E-state index in [0.717, 1.165) is 26.0 Å². The van der Waals surface area contributed by atoms with Crippen LogP contribution in [0.15, 0.2) is 10.7 Å². The lowest BCUT2D eigenvalue weighted by Crippen LogP contribution is -2.62. The molecule has 0 spiro atoms. The van der Waals surface area contributed by atoms with Crippen molar-refractivity contribution in [2.45, 2.75) is 59.2 Å². The Morgan fingerprint density at radius 3 is 2.78 bits per heavy atom. The van der Waals surface area contributed by atoms with Crippen LogP contribution in [0.4, 0.5) is 0 Å². The van der Waals surface area contributed by atoms with Crippen molar-refractivity contribution in [2.75, 3.05) is 20.3 Å². The summed E-state index contributed by atoms with van der Waals surface area (Å²) < 4.78 is 15.9. The predicted octanol–water partition coefficient (Wildman–Crippen LogP) is 2.88. The zero-order chi connectivity index (χ0) is 17.0. The summed E-state index contributed by atoms with van der Waals surface area (Å²) in [5.74, 6) is 0.0805. The molecule has 0 aromatic carbocycles. The van der Waals surface area contributed by atoms with Crippen LogP contribution < -0.4 is 0 Å². The Bertz CT molecular complexity index is 526. The van der Waals surface area contributed by atoms with Gasteiger partial charge in [-0.1, -0.05) is 20.8 Å². The molecule has 1 saturated carbocycles. The van der Waals surface area contributed by atoms with Crippen molar-refractivity contribution in [3.8, 4) is 0 Å². The number of methoxy groups -OCH3 is 1. The smallest absolute Gasteiger partial charge is 0.360 e. The van der Waals surface area contributed by atoms with Crippen molar-refractivity contribution in [3.63, 3.8) is 0 Å². The maximum Gasteiger partial charge on any atom is 0.360 e. The van der Waals surface area contributed by atoms with Gasteiger partial charge in [0.2, 0.25) is 5.89 Å². The molecule has 0 saturated heterocycles. The van der Waals surface area contributed by atoms with E-state index in [1.165, 1.54) is 13.4 Å². The van der Waals surface area contributed by atoms with Crippen LogP contribution >= 0.6 is 0 Å². The van der Waals surface area contributed by atoms with E-state index in [4.69, 9.17) is 9.15 Å².